The highest BCUT2D eigenvalue weighted by Crippen LogP contribution is 2.35. The highest BCUT2D eigenvalue weighted by Gasteiger charge is 2.36. The molecule has 1 saturated heterocycles. The first kappa shape index (κ1) is 18.0. The van der Waals surface area contributed by atoms with Crippen LogP contribution in [0.1, 0.15) is 67.2 Å². The standard InChI is InChI=1S/C22H27N3O2/c1-15-18(14-16-8-3-2-4-9-16)21(26)24-20(23-15)19-12-7-13-25(19)22(27)17-10-5-6-11-17/h2-4,8-9,17,19H,5-7,10-14H2,1H3,(H,23,24,26)/t19-/m1/s1. The van der Waals surface area contributed by atoms with E-state index >= 15 is 0 Å². The second-order valence-corrected chi connectivity index (χ2v) is 7.85. The number of hydrogen-bond acceptors (Lipinski definition) is 3. The van der Waals surface area contributed by atoms with Crippen molar-refractivity contribution in [3.8, 4) is 0 Å². The van der Waals surface area contributed by atoms with Gasteiger partial charge >= 0.3 is 0 Å². The molecular formula is C22H27N3O2. The van der Waals surface area contributed by atoms with Gasteiger partial charge in [0.1, 0.15) is 5.82 Å². The molecule has 0 spiro atoms. The summed E-state index contributed by atoms with van der Waals surface area (Å²) in [6.07, 6.45) is 6.72. The molecule has 1 aliphatic carbocycles. The summed E-state index contributed by atoms with van der Waals surface area (Å²) in [5.74, 6) is 1.07. The number of carbonyl (C=O) groups is 1. The lowest BCUT2D eigenvalue weighted by Crippen LogP contribution is -2.36. The number of carbonyl (C=O) groups excluding carboxylic acids is 1. The number of aryl methyl sites for hydroxylation is 1. The van der Waals surface area contributed by atoms with E-state index in [1.807, 2.05) is 42.2 Å². The number of hydrogen-bond donors (Lipinski definition) is 1. The van der Waals surface area contributed by atoms with E-state index in [0.29, 0.717) is 17.8 Å². The molecule has 27 heavy (non-hydrogen) atoms. The summed E-state index contributed by atoms with van der Waals surface area (Å²) in [5.41, 5.74) is 2.48. The zero-order valence-corrected chi connectivity index (χ0v) is 15.9. The first-order chi connectivity index (χ1) is 13.1. The fourth-order valence-corrected chi connectivity index (χ4v) is 4.52. The molecule has 2 fully saturated rings. The molecule has 142 valence electrons. The number of H-pyrrole nitrogens is 1. The second-order valence-electron chi connectivity index (χ2n) is 7.85. The van der Waals surface area contributed by atoms with E-state index in [9.17, 15) is 9.59 Å². The second kappa shape index (κ2) is 7.67. The van der Waals surface area contributed by atoms with Crippen LogP contribution in [0.25, 0.3) is 0 Å². The number of nitrogens with zero attached hydrogens (tertiary/aromatic N) is 2. The van der Waals surface area contributed by atoms with Crippen molar-refractivity contribution < 1.29 is 4.79 Å². The maximum atomic E-state index is 12.9. The molecule has 1 aromatic heterocycles. The van der Waals surface area contributed by atoms with E-state index in [1.54, 1.807) is 0 Å². The van der Waals surface area contributed by atoms with E-state index in [4.69, 9.17) is 4.98 Å². The lowest BCUT2D eigenvalue weighted by Gasteiger charge is -2.27. The molecule has 2 aromatic rings. The molecule has 1 aromatic carbocycles. The van der Waals surface area contributed by atoms with Gasteiger partial charge < -0.3 is 9.88 Å². The Morgan fingerprint density at radius 2 is 1.89 bits per heavy atom. The van der Waals surface area contributed by atoms with Crippen molar-refractivity contribution in [2.45, 2.75) is 57.9 Å². The molecular weight excluding hydrogens is 338 g/mol. The lowest BCUT2D eigenvalue weighted by atomic mass is 10.0. The summed E-state index contributed by atoms with van der Waals surface area (Å²) in [6.45, 7) is 2.67. The smallest absolute Gasteiger partial charge is 0.254 e. The van der Waals surface area contributed by atoms with Crippen LogP contribution in [-0.2, 0) is 11.2 Å². The Kier molecular flexibility index (Phi) is 5.10. The first-order valence-electron chi connectivity index (χ1n) is 10.1. The molecule has 2 aliphatic rings. The number of aromatic nitrogens is 2. The van der Waals surface area contributed by atoms with E-state index in [-0.39, 0.29) is 23.4 Å². The molecule has 0 unspecified atom stereocenters. The normalized spacial score (nSPS) is 20.3. The SMILES string of the molecule is Cc1nc([C@H]2CCCN2C(=O)C2CCCC2)[nH]c(=O)c1Cc1ccccc1. The highest BCUT2D eigenvalue weighted by molar-refractivity contribution is 5.79. The third kappa shape index (κ3) is 3.68. The van der Waals surface area contributed by atoms with Gasteiger partial charge in [-0.2, -0.15) is 0 Å². The zero-order chi connectivity index (χ0) is 18.8. The lowest BCUT2D eigenvalue weighted by molar-refractivity contribution is -0.136. The zero-order valence-electron chi connectivity index (χ0n) is 15.9. The molecule has 5 nitrogen and oxygen atoms in total. The number of nitrogens with one attached hydrogen (secondary N) is 1. The van der Waals surface area contributed by atoms with Gasteiger partial charge in [-0.3, -0.25) is 9.59 Å². The number of benzene rings is 1. The van der Waals surface area contributed by atoms with Gasteiger partial charge in [0.25, 0.3) is 5.56 Å². The van der Waals surface area contributed by atoms with Crippen molar-refractivity contribution in [3.05, 3.63) is 63.3 Å². The van der Waals surface area contributed by atoms with Crippen molar-refractivity contribution in [1.29, 1.82) is 0 Å². The fourth-order valence-electron chi connectivity index (χ4n) is 4.52. The Hall–Kier alpha value is -2.43. The molecule has 1 aliphatic heterocycles. The van der Waals surface area contributed by atoms with Crippen molar-refractivity contribution in [2.24, 2.45) is 5.92 Å². The predicted octanol–water partition coefficient (Wildman–Crippen LogP) is 3.52. The molecule has 0 radical (unpaired) electrons. The Balaban J connectivity index is 1.58. The van der Waals surface area contributed by atoms with Gasteiger partial charge in [0, 0.05) is 30.1 Å². The monoisotopic (exact) mass is 365 g/mol. The summed E-state index contributed by atoms with van der Waals surface area (Å²) in [4.78, 5) is 35.3. The first-order valence-corrected chi connectivity index (χ1v) is 10.1. The van der Waals surface area contributed by atoms with Crippen LogP contribution < -0.4 is 5.56 Å². The van der Waals surface area contributed by atoms with Crippen LogP contribution in [0.5, 0.6) is 0 Å². The third-order valence-electron chi connectivity index (χ3n) is 6.02. The van der Waals surface area contributed by atoms with Crippen LogP contribution in [-0.4, -0.2) is 27.3 Å². The van der Waals surface area contributed by atoms with Crippen LogP contribution >= 0.6 is 0 Å². The van der Waals surface area contributed by atoms with E-state index < -0.39 is 0 Å². The Labute approximate surface area is 159 Å². The highest BCUT2D eigenvalue weighted by atomic mass is 16.2. The van der Waals surface area contributed by atoms with E-state index in [0.717, 1.165) is 56.3 Å². The molecule has 1 N–H and O–H groups in total. The van der Waals surface area contributed by atoms with Crippen molar-refractivity contribution in [1.82, 2.24) is 14.9 Å². The van der Waals surface area contributed by atoms with E-state index in [1.165, 1.54) is 0 Å². The van der Waals surface area contributed by atoms with Gasteiger partial charge in [-0.25, -0.2) is 4.98 Å². The fraction of sp³-hybridized carbons (Fsp3) is 0.500. The molecule has 1 atom stereocenters. The van der Waals surface area contributed by atoms with Crippen molar-refractivity contribution in [2.75, 3.05) is 6.54 Å². The van der Waals surface area contributed by atoms with Crippen LogP contribution in [0.3, 0.4) is 0 Å². The number of aromatic amines is 1. The minimum Gasteiger partial charge on any atom is -0.332 e. The minimum atomic E-state index is -0.0877. The number of rotatable bonds is 4. The average molecular weight is 365 g/mol. The van der Waals surface area contributed by atoms with Gasteiger partial charge in [-0.15, -0.1) is 0 Å². The van der Waals surface area contributed by atoms with Crippen LogP contribution in [0.2, 0.25) is 0 Å². The molecule has 2 heterocycles. The Morgan fingerprint density at radius 3 is 2.59 bits per heavy atom. The molecule has 5 heteroatoms. The van der Waals surface area contributed by atoms with E-state index in [2.05, 4.69) is 4.98 Å². The quantitative estimate of drug-likeness (QED) is 0.901. The summed E-state index contributed by atoms with van der Waals surface area (Å²) in [6, 6.07) is 9.88. The molecule has 4 rings (SSSR count). The predicted molar refractivity (Wildman–Crippen MR) is 104 cm³/mol. The summed E-state index contributed by atoms with van der Waals surface area (Å²) < 4.78 is 0. The topological polar surface area (TPSA) is 66.1 Å². The van der Waals surface area contributed by atoms with Crippen LogP contribution in [0.15, 0.2) is 35.1 Å². The van der Waals surface area contributed by atoms with Crippen molar-refractivity contribution >= 4 is 5.91 Å². The molecule has 1 saturated carbocycles. The number of likely N-dealkylation sites (tertiary alicyclic amines) is 1. The van der Waals surface area contributed by atoms with Gasteiger partial charge in [0.2, 0.25) is 5.91 Å². The maximum Gasteiger partial charge on any atom is 0.254 e. The summed E-state index contributed by atoms with van der Waals surface area (Å²) >= 11 is 0. The van der Waals surface area contributed by atoms with Gasteiger partial charge in [-0.05, 0) is 38.2 Å². The van der Waals surface area contributed by atoms with Gasteiger partial charge in [0.05, 0.1) is 6.04 Å². The minimum absolute atomic E-state index is 0.0819. The summed E-state index contributed by atoms with van der Waals surface area (Å²) in [5, 5.41) is 0. The molecule has 0 bridgehead atoms. The van der Waals surface area contributed by atoms with Crippen LogP contribution in [0, 0.1) is 12.8 Å². The maximum absolute atomic E-state index is 12.9. The third-order valence-corrected chi connectivity index (χ3v) is 6.02. The largest absolute Gasteiger partial charge is 0.332 e. The Morgan fingerprint density at radius 1 is 1.15 bits per heavy atom. The average Bonchev–Trinajstić information content (AvgIpc) is 3.36. The van der Waals surface area contributed by atoms with Crippen molar-refractivity contribution in [3.63, 3.8) is 0 Å². The Bertz CT molecular complexity index is 869. The number of amides is 1. The molecule has 1 amide bonds. The van der Waals surface area contributed by atoms with Gasteiger partial charge in [-0.1, -0.05) is 43.2 Å². The van der Waals surface area contributed by atoms with Gasteiger partial charge in [0.15, 0.2) is 0 Å². The summed E-state index contributed by atoms with van der Waals surface area (Å²) in [7, 11) is 0. The van der Waals surface area contributed by atoms with Crippen LogP contribution in [0.4, 0.5) is 0 Å².